The topological polar surface area (TPSA) is 49.9 Å². The Labute approximate surface area is 148 Å². The fourth-order valence-corrected chi connectivity index (χ4v) is 3.32. The van der Waals surface area contributed by atoms with Crippen LogP contribution in [0.15, 0.2) is 48.5 Å². The smallest absolute Gasteiger partial charge is 0.240 e. The van der Waals surface area contributed by atoms with Gasteiger partial charge in [0.1, 0.15) is 0 Å². The standard InChI is InChI=1S/C21H25N3O/c1-22-12-11-18(16-5-3-2-4-6-16)17-9-10-20-19(13-17)21(24-23-20)25-14-15-7-8-15/h2-6,9-10,13,15,18,22H,7-8,11-12,14H2,1H3,(H,23,24). The molecule has 25 heavy (non-hydrogen) atoms. The zero-order valence-corrected chi connectivity index (χ0v) is 14.7. The summed E-state index contributed by atoms with van der Waals surface area (Å²) >= 11 is 0. The molecule has 0 radical (unpaired) electrons. The monoisotopic (exact) mass is 335 g/mol. The van der Waals surface area contributed by atoms with E-state index in [-0.39, 0.29) is 0 Å². The zero-order valence-electron chi connectivity index (χ0n) is 14.7. The first kappa shape index (κ1) is 16.2. The van der Waals surface area contributed by atoms with Crippen LogP contribution in [-0.2, 0) is 0 Å². The van der Waals surface area contributed by atoms with Gasteiger partial charge >= 0.3 is 0 Å². The van der Waals surface area contributed by atoms with E-state index in [1.807, 2.05) is 7.05 Å². The van der Waals surface area contributed by atoms with Crippen LogP contribution in [0, 0.1) is 5.92 Å². The summed E-state index contributed by atoms with van der Waals surface area (Å²) in [6, 6.07) is 17.3. The maximum atomic E-state index is 5.95. The summed E-state index contributed by atoms with van der Waals surface area (Å²) < 4.78 is 5.95. The molecule has 1 saturated carbocycles. The number of H-pyrrole nitrogens is 1. The molecule has 130 valence electrons. The summed E-state index contributed by atoms with van der Waals surface area (Å²) in [6.07, 6.45) is 3.63. The number of rotatable bonds is 8. The summed E-state index contributed by atoms with van der Waals surface area (Å²) in [4.78, 5) is 0. The Kier molecular flexibility index (Phi) is 4.70. The summed E-state index contributed by atoms with van der Waals surface area (Å²) in [5.41, 5.74) is 3.70. The molecule has 2 N–H and O–H groups in total. The SMILES string of the molecule is CNCCC(c1ccccc1)c1ccc2[nH]nc(OCC3CC3)c2c1. The number of benzene rings is 2. The van der Waals surface area contributed by atoms with Crippen LogP contribution in [0.5, 0.6) is 5.88 Å². The van der Waals surface area contributed by atoms with Gasteiger partial charge in [-0.05, 0) is 62.0 Å². The number of hydrogen-bond donors (Lipinski definition) is 2. The molecule has 0 bridgehead atoms. The Balaban J connectivity index is 1.65. The van der Waals surface area contributed by atoms with E-state index in [2.05, 4.69) is 64.0 Å². The van der Waals surface area contributed by atoms with Crippen molar-refractivity contribution < 1.29 is 4.74 Å². The third-order valence-electron chi connectivity index (χ3n) is 4.99. The third kappa shape index (κ3) is 3.69. The van der Waals surface area contributed by atoms with Crippen molar-refractivity contribution in [2.45, 2.75) is 25.2 Å². The van der Waals surface area contributed by atoms with E-state index < -0.39 is 0 Å². The average Bonchev–Trinajstić information content (AvgIpc) is 3.40. The van der Waals surface area contributed by atoms with E-state index in [0.29, 0.717) is 5.92 Å². The van der Waals surface area contributed by atoms with Crippen molar-refractivity contribution in [3.63, 3.8) is 0 Å². The van der Waals surface area contributed by atoms with Crippen molar-refractivity contribution >= 4 is 10.9 Å². The predicted molar refractivity (Wildman–Crippen MR) is 101 cm³/mol. The van der Waals surface area contributed by atoms with Crippen LogP contribution >= 0.6 is 0 Å². The van der Waals surface area contributed by atoms with Gasteiger partial charge in [0.25, 0.3) is 0 Å². The van der Waals surface area contributed by atoms with E-state index in [1.165, 1.54) is 24.0 Å². The maximum Gasteiger partial charge on any atom is 0.240 e. The van der Waals surface area contributed by atoms with Crippen LogP contribution in [0.1, 0.15) is 36.3 Å². The van der Waals surface area contributed by atoms with Crippen LogP contribution in [-0.4, -0.2) is 30.4 Å². The van der Waals surface area contributed by atoms with Gasteiger partial charge in [0.15, 0.2) is 0 Å². The minimum absolute atomic E-state index is 0.365. The normalized spacial score (nSPS) is 15.4. The Bertz CT molecular complexity index is 824. The lowest BCUT2D eigenvalue weighted by Crippen LogP contribution is -2.13. The lowest BCUT2D eigenvalue weighted by Gasteiger charge is -2.18. The van der Waals surface area contributed by atoms with E-state index in [9.17, 15) is 0 Å². The average molecular weight is 335 g/mol. The van der Waals surface area contributed by atoms with Crippen molar-refractivity contribution in [2.24, 2.45) is 5.92 Å². The molecule has 4 rings (SSSR count). The summed E-state index contributed by atoms with van der Waals surface area (Å²) in [5, 5.41) is 11.8. The molecule has 3 aromatic rings. The molecular weight excluding hydrogens is 310 g/mol. The summed E-state index contributed by atoms with van der Waals surface area (Å²) in [5.74, 6) is 1.83. The molecular formula is C21H25N3O. The van der Waals surface area contributed by atoms with Crippen molar-refractivity contribution in [3.8, 4) is 5.88 Å². The minimum atomic E-state index is 0.365. The highest BCUT2D eigenvalue weighted by Crippen LogP contribution is 2.34. The van der Waals surface area contributed by atoms with Crippen molar-refractivity contribution in [2.75, 3.05) is 20.2 Å². The van der Waals surface area contributed by atoms with Crippen LogP contribution in [0.25, 0.3) is 10.9 Å². The Morgan fingerprint density at radius 3 is 2.76 bits per heavy atom. The number of nitrogens with one attached hydrogen (secondary N) is 2. The molecule has 0 saturated heterocycles. The molecule has 4 heteroatoms. The lowest BCUT2D eigenvalue weighted by molar-refractivity contribution is 0.291. The van der Waals surface area contributed by atoms with E-state index >= 15 is 0 Å². The van der Waals surface area contributed by atoms with Crippen LogP contribution in [0.3, 0.4) is 0 Å². The molecule has 0 amide bonds. The first-order valence-electron chi connectivity index (χ1n) is 9.15. The third-order valence-corrected chi connectivity index (χ3v) is 4.99. The molecule has 2 aromatic carbocycles. The van der Waals surface area contributed by atoms with Gasteiger partial charge in [0.2, 0.25) is 5.88 Å². The number of fused-ring (bicyclic) bond motifs is 1. The number of ether oxygens (including phenoxy) is 1. The lowest BCUT2D eigenvalue weighted by atomic mass is 9.88. The second-order valence-electron chi connectivity index (χ2n) is 6.94. The minimum Gasteiger partial charge on any atom is -0.476 e. The first-order valence-corrected chi connectivity index (χ1v) is 9.15. The maximum absolute atomic E-state index is 5.95. The second-order valence-corrected chi connectivity index (χ2v) is 6.94. The second kappa shape index (κ2) is 7.28. The van der Waals surface area contributed by atoms with Crippen LogP contribution in [0.2, 0.25) is 0 Å². The number of hydrogen-bond acceptors (Lipinski definition) is 3. The molecule has 1 aliphatic carbocycles. The van der Waals surface area contributed by atoms with Gasteiger partial charge in [-0.25, -0.2) is 0 Å². The van der Waals surface area contributed by atoms with Gasteiger partial charge in [-0.3, -0.25) is 5.10 Å². The Morgan fingerprint density at radius 1 is 1.16 bits per heavy atom. The van der Waals surface area contributed by atoms with Crippen LogP contribution in [0.4, 0.5) is 0 Å². The number of aromatic amines is 1. The van der Waals surface area contributed by atoms with Gasteiger partial charge in [0.05, 0.1) is 17.5 Å². The molecule has 1 aliphatic rings. The molecule has 0 aliphatic heterocycles. The molecule has 1 fully saturated rings. The van der Waals surface area contributed by atoms with Gasteiger partial charge in [0, 0.05) is 5.92 Å². The van der Waals surface area contributed by atoms with Gasteiger partial charge < -0.3 is 10.1 Å². The fourth-order valence-electron chi connectivity index (χ4n) is 3.32. The van der Waals surface area contributed by atoms with Gasteiger partial charge in [-0.15, -0.1) is 5.10 Å². The van der Waals surface area contributed by atoms with Crippen molar-refractivity contribution in [1.29, 1.82) is 0 Å². The molecule has 4 nitrogen and oxygen atoms in total. The van der Waals surface area contributed by atoms with Gasteiger partial charge in [-0.1, -0.05) is 36.4 Å². The highest BCUT2D eigenvalue weighted by Gasteiger charge is 2.23. The molecule has 1 heterocycles. The number of nitrogens with zero attached hydrogens (tertiary/aromatic N) is 1. The number of aromatic nitrogens is 2. The fraction of sp³-hybridized carbons (Fsp3) is 0.381. The zero-order chi connectivity index (χ0) is 17.1. The van der Waals surface area contributed by atoms with Crippen molar-refractivity contribution in [1.82, 2.24) is 15.5 Å². The Hall–Kier alpha value is -2.33. The molecule has 0 spiro atoms. The molecule has 1 unspecified atom stereocenters. The molecule has 1 atom stereocenters. The van der Waals surface area contributed by atoms with Crippen molar-refractivity contribution in [3.05, 3.63) is 59.7 Å². The highest BCUT2D eigenvalue weighted by molar-refractivity contribution is 5.84. The summed E-state index contributed by atoms with van der Waals surface area (Å²) in [7, 11) is 2.01. The van der Waals surface area contributed by atoms with E-state index in [0.717, 1.165) is 42.3 Å². The van der Waals surface area contributed by atoms with Gasteiger partial charge in [-0.2, -0.15) is 0 Å². The quantitative estimate of drug-likeness (QED) is 0.652. The Morgan fingerprint density at radius 2 is 2.00 bits per heavy atom. The van der Waals surface area contributed by atoms with E-state index in [1.54, 1.807) is 0 Å². The highest BCUT2D eigenvalue weighted by atomic mass is 16.5. The first-order chi connectivity index (χ1) is 12.3. The van der Waals surface area contributed by atoms with E-state index in [4.69, 9.17) is 4.74 Å². The predicted octanol–water partition coefficient (Wildman–Crippen LogP) is 4.09. The van der Waals surface area contributed by atoms with Crippen LogP contribution < -0.4 is 10.1 Å². The molecule has 1 aromatic heterocycles. The largest absolute Gasteiger partial charge is 0.476 e. The summed E-state index contributed by atoms with van der Waals surface area (Å²) in [6.45, 7) is 1.76.